The van der Waals surface area contributed by atoms with Gasteiger partial charge < -0.3 is 9.84 Å². The Labute approximate surface area is 104 Å². The summed E-state index contributed by atoms with van der Waals surface area (Å²) < 4.78 is 4.68. The lowest BCUT2D eigenvalue weighted by atomic mass is 10.0. The Morgan fingerprint density at radius 1 is 1.39 bits per heavy atom. The number of fused-ring (bicyclic) bond motifs is 1. The van der Waals surface area contributed by atoms with E-state index >= 15 is 0 Å². The molecule has 5 heteroatoms. The molecule has 2 rings (SSSR count). The van der Waals surface area contributed by atoms with Crippen LogP contribution in [0, 0.1) is 0 Å². The minimum Gasteiger partial charge on any atom is -0.508 e. The first-order chi connectivity index (χ1) is 8.54. The van der Waals surface area contributed by atoms with Crippen LogP contribution >= 0.6 is 0 Å². The molecule has 0 aliphatic carbocycles. The SMILES string of the molecule is COC(=O)C1C=Cc2cc(O)ccc2N1C(C)=O. The number of hydrogen-bond donors (Lipinski definition) is 1. The van der Waals surface area contributed by atoms with E-state index in [0.29, 0.717) is 11.3 Å². The van der Waals surface area contributed by atoms with Gasteiger partial charge in [0, 0.05) is 12.5 Å². The van der Waals surface area contributed by atoms with Crippen LogP contribution in [0.5, 0.6) is 5.75 Å². The van der Waals surface area contributed by atoms with Crippen LogP contribution in [0.3, 0.4) is 0 Å². The van der Waals surface area contributed by atoms with Crippen molar-refractivity contribution in [3.63, 3.8) is 0 Å². The summed E-state index contributed by atoms with van der Waals surface area (Å²) in [6.45, 7) is 1.38. The molecule has 0 bridgehead atoms. The molecule has 0 radical (unpaired) electrons. The first-order valence-corrected chi connectivity index (χ1v) is 5.43. The minimum atomic E-state index is -0.760. The summed E-state index contributed by atoms with van der Waals surface area (Å²) in [5, 5.41) is 9.41. The third-order valence-corrected chi connectivity index (χ3v) is 2.79. The van der Waals surface area contributed by atoms with Crippen molar-refractivity contribution in [2.24, 2.45) is 0 Å². The van der Waals surface area contributed by atoms with Crippen molar-refractivity contribution < 1.29 is 19.4 Å². The van der Waals surface area contributed by atoms with E-state index in [1.807, 2.05) is 0 Å². The topological polar surface area (TPSA) is 66.8 Å². The third-order valence-electron chi connectivity index (χ3n) is 2.79. The fourth-order valence-electron chi connectivity index (χ4n) is 2.00. The summed E-state index contributed by atoms with van der Waals surface area (Å²) in [7, 11) is 1.28. The van der Waals surface area contributed by atoms with Crippen LogP contribution in [-0.2, 0) is 14.3 Å². The summed E-state index contributed by atoms with van der Waals surface area (Å²) >= 11 is 0. The van der Waals surface area contributed by atoms with Gasteiger partial charge >= 0.3 is 5.97 Å². The first kappa shape index (κ1) is 12.2. The van der Waals surface area contributed by atoms with Crippen LogP contribution in [0.2, 0.25) is 0 Å². The number of aromatic hydroxyl groups is 1. The smallest absolute Gasteiger partial charge is 0.333 e. The molecule has 1 unspecified atom stereocenters. The van der Waals surface area contributed by atoms with E-state index in [9.17, 15) is 14.7 Å². The number of phenols is 1. The first-order valence-electron chi connectivity index (χ1n) is 5.43. The second kappa shape index (κ2) is 4.52. The molecule has 1 aliphatic rings. The molecule has 1 aliphatic heterocycles. The van der Waals surface area contributed by atoms with Gasteiger partial charge in [0.2, 0.25) is 5.91 Å². The quantitative estimate of drug-likeness (QED) is 0.760. The minimum absolute atomic E-state index is 0.110. The summed E-state index contributed by atoms with van der Waals surface area (Å²) in [6, 6.07) is 3.85. The molecule has 0 spiro atoms. The summed E-state index contributed by atoms with van der Waals surface area (Å²) in [5.41, 5.74) is 1.27. The summed E-state index contributed by atoms with van der Waals surface area (Å²) in [6.07, 6.45) is 3.27. The van der Waals surface area contributed by atoms with Crippen molar-refractivity contribution in [2.45, 2.75) is 13.0 Å². The molecule has 1 heterocycles. The van der Waals surface area contributed by atoms with E-state index in [0.717, 1.165) is 0 Å². The van der Waals surface area contributed by atoms with Crippen LogP contribution in [-0.4, -0.2) is 30.1 Å². The number of carbonyl (C=O) groups is 2. The van der Waals surface area contributed by atoms with Crippen molar-refractivity contribution in [1.29, 1.82) is 0 Å². The molecule has 1 amide bonds. The molecule has 0 saturated heterocycles. The van der Waals surface area contributed by atoms with E-state index in [2.05, 4.69) is 4.74 Å². The molecule has 1 aromatic carbocycles. The number of methoxy groups -OCH3 is 1. The monoisotopic (exact) mass is 247 g/mol. The predicted molar refractivity (Wildman–Crippen MR) is 66.1 cm³/mol. The van der Waals surface area contributed by atoms with Crippen LogP contribution in [0.4, 0.5) is 5.69 Å². The molecule has 94 valence electrons. The van der Waals surface area contributed by atoms with Gasteiger partial charge in [0.05, 0.1) is 12.8 Å². The van der Waals surface area contributed by atoms with Crippen molar-refractivity contribution in [1.82, 2.24) is 0 Å². The van der Waals surface area contributed by atoms with E-state index in [4.69, 9.17) is 0 Å². The predicted octanol–water partition coefficient (Wildman–Crippen LogP) is 1.31. The van der Waals surface area contributed by atoms with Gasteiger partial charge in [-0.1, -0.05) is 6.08 Å². The highest BCUT2D eigenvalue weighted by atomic mass is 16.5. The number of benzene rings is 1. The lowest BCUT2D eigenvalue weighted by Gasteiger charge is -2.31. The van der Waals surface area contributed by atoms with Gasteiger partial charge in [-0.2, -0.15) is 0 Å². The van der Waals surface area contributed by atoms with Crippen LogP contribution in [0.15, 0.2) is 24.3 Å². The average molecular weight is 247 g/mol. The highest BCUT2D eigenvalue weighted by Gasteiger charge is 2.31. The molecule has 1 N–H and O–H groups in total. The van der Waals surface area contributed by atoms with Gasteiger partial charge in [0.1, 0.15) is 5.75 Å². The third kappa shape index (κ3) is 1.95. The number of nitrogens with zero attached hydrogens (tertiary/aromatic N) is 1. The Hall–Kier alpha value is -2.30. The van der Waals surface area contributed by atoms with E-state index in [1.165, 1.54) is 31.1 Å². The van der Waals surface area contributed by atoms with Gasteiger partial charge in [-0.15, -0.1) is 0 Å². The highest BCUT2D eigenvalue weighted by molar-refractivity contribution is 6.03. The number of amides is 1. The molecule has 18 heavy (non-hydrogen) atoms. The molecular formula is C13H13NO4. The zero-order valence-electron chi connectivity index (χ0n) is 10.1. The average Bonchev–Trinajstić information content (AvgIpc) is 2.35. The number of anilines is 1. The Morgan fingerprint density at radius 2 is 2.11 bits per heavy atom. The zero-order chi connectivity index (χ0) is 13.3. The molecule has 0 fully saturated rings. The van der Waals surface area contributed by atoms with Gasteiger partial charge in [-0.3, -0.25) is 9.69 Å². The van der Waals surface area contributed by atoms with Gasteiger partial charge in [-0.25, -0.2) is 4.79 Å². The fourth-order valence-corrected chi connectivity index (χ4v) is 2.00. The number of hydrogen-bond acceptors (Lipinski definition) is 4. The second-order valence-corrected chi connectivity index (χ2v) is 3.96. The zero-order valence-corrected chi connectivity index (χ0v) is 10.1. The number of esters is 1. The molecule has 1 aromatic rings. The van der Waals surface area contributed by atoms with Gasteiger partial charge in [0.15, 0.2) is 6.04 Å². The van der Waals surface area contributed by atoms with Crippen molar-refractivity contribution in [3.05, 3.63) is 29.8 Å². The molecule has 5 nitrogen and oxygen atoms in total. The molecule has 1 atom stereocenters. The molecular weight excluding hydrogens is 234 g/mol. The van der Waals surface area contributed by atoms with E-state index in [1.54, 1.807) is 18.2 Å². The van der Waals surface area contributed by atoms with Crippen molar-refractivity contribution >= 4 is 23.6 Å². The lowest BCUT2D eigenvalue weighted by molar-refractivity contribution is -0.142. The summed E-state index contributed by atoms with van der Waals surface area (Å²) in [5.74, 6) is -0.653. The van der Waals surface area contributed by atoms with Crippen LogP contribution in [0.1, 0.15) is 12.5 Å². The largest absolute Gasteiger partial charge is 0.508 e. The molecule has 0 saturated carbocycles. The number of carbonyl (C=O) groups excluding carboxylic acids is 2. The highest BCUT2D eigenvalue weighted by Crippen LogP contribution is 2.32. The Kier molecular flexibility index (Phi) is 3.06. The van der Waals surface area contributed by atoms with E-state index in [-0.39, 0.29) is 11.7 Å². The maximum atomic E-state index is 11.7. The summed E-state index contributed by atoms with van der Waals surface area (Å²) in [4.78, 5) is 24.7. The van der Waals surface area contributed by atoms with Crippen molar-refractivity contribution in [3.8, 4) is 5.75 Å². The molecule has 0 aromatic heterocycles. The normalized spacial score (nSPS) is 17.2. The maximum Gasteiger partial charge on any atom is 0.333 e. The number of phenolic OH excluding ortho intramolecular Hbond substituents is 1. The van der Waals surface area contributed by atoms with E-state index < -0.39 is 12.0 Å². The van der Waals surface area contributed by atoms with Gasteiger partial charge in [0.25, 0.3) is 0 Å². The van der Waals surface area contributed by atoms with Crippen molar-refractivity contribution in [2.75, 3.05) is 12.0 Å². The Bertz CT molecular complexity index is 536. The van der Waals surface area contributed by atoms with Crippen LogP contribution < -0.4 is 4.90 Å². The van der Waals surface area contributed by atoms with Gasteiger partial charge in [-0.05, 0) is 24.3 Å². The Morgan fingerprint density at radius 3 is 2.72 bits per heavy atom. The lowest BCUT2D eigenvalue weighted by Crippen LogP contribution is -2.45. The van der Waals surface area contributed by atoms with Crippen LogP contribution in [0.25, 0.3) is 6.08 Å². The number of ether oxygens (including phenoxy) is 1. The standard InChI is InChI=1S/C13H13NO4/c1-8(15)14-11-6-4-10(16)7-9(11)3-5-12(14)13(17)18-2/h3-7,12,16H,1-2H3. The Balaban J connectivity index is 2.51. The second-order valence-electron chi connectivity index (χ2n) is 3.96. The maximum absolute atomic E-state index is 11.7. The number of rotatable bonds is 1. The fraction of sp³-hybridized carbons (Fsp3) is 0.231.